The molecule has 0 spiro atoms. The number of carbonyl (C=O) groups excluding carboxylic acids is 1. The van der Waals surface area contributed by atoms with Crippen LogP contribution in [0, 0.1) is 0 Å². The Balaban J connectivity index is 2.56. The monoisotopic (exact) mass is 250 g/mol. The maximum absolute atomic E-state index is 11.7. The first-order valence-electron chi connectivity index (χ1n) is 5.90. The molecule has 6 heteroatoms. The number of aromatic nitrogens is 2. The first-order valence-corrected chi connectivity index (χ1v) is 5.90. The highest BCUT2D eigenvalue weighted by atomic mass is 16.5. The van der Waals surface area contributed by atoms with Crippen molar-refractivity contribution in [2.24, 2.45) is 0 Å². The third-order valence-electron chi connectivity index (χ3n) is 2.88. The van der Waals surface area contributed by atoms with Gasteiger partial charge in [0.25, 0.3) is 0 Å². The average molecular weight is 250 g/mol. The van der Waals surface area contributed by atoms with Crippen LogP contribution >= 0.6 is 0 Å². The van der Waals surface area contributed by atoms with E-state index in [2.05, 4.69) is 41.0 Å². The molecule has 2 heterocycles. The Morgan fingerprint density at radius 2 is 2.11 bits per heavy atom. The van der Waals surface area contributed by atoms with Crippen molar-refractivity contribution in [3.63, 3.8) is 0 Å². The Morgan fingerprint density at radius 3 is 2.72 bits per heavy atom. The number of methoxy groups -OCH3 is 1. The normalized spacial score (nSPS) is 15.8. The van der Waals surface area contributed by atoms with Crippen molar-refractivity contribution < 1.29 is 9.53 Å². The molecule has 1 aliphatic heterocycles. The van der Waals surface area contributed by atoms with Crippen LogP contribution in [0.15, 0.2) is 6.33 Å². The molecular formula is C12H18N4O2. The second-order valence-corrected chi connectivity index (χ2v) is 5.20. The number of ether oxygens (including phenoxy) is 1. The van der Waals surface area contributed by atoms with Crippen LogP contribution in [0.4, 0.5) is 11.5 Å². The second kappa shape index (κ2) is 4.44. The first kappa shape index (κ1) is 12.6. The molecule has 0 unspecified atom stereocenters. The zero-order valence-electron chi connectivity index (χ0n) is 11.1. The summed E-state index contributed by atoms with van der Waals surface area (Å²) in [4.78, 5) is 22.1. The number of fused-ring (bicyclic) bond motifs is 1. The van der Waals surface area contributed by atoms with Gasteiger partial charge in [0.2, 0.25) is 11.8 Å². The maximum atomic E-state index is 11.7. The summed E-state index contributed by atoms with van der Waals surface area (Å²) in [6.07, 6.45) is 1.88. The van der Waals surface area contributed by atoms with E-state index in [1.165, 1.54) is 13.4 Å². The fourth-order valence-electron chi connectivity index (χ4n) is 2.00. The maximum Gasteiger partial charge on any atom is 0.242 e. The van der Waals surface area contributed by atoms with Gasteiger partial charge in [0.1, 0.15) is 12.0 Å². The van der Waals surface area contributed by atoms with Crippen LogP contribution < -0.4 is 15.0 Å². The minimum Gasteiger partial charge on any atom is -0.479 e. The van der Waals surface area contributed by atoms with Gasteiger partial charge < -0.3 is 15.0 Å². The van der Waals surface area contributed by atoms with Gasteiger partial charge in [-0.15, -0.1) is 0 Å². The predicted molar refractivity (Wildman–Crippen MR) is 68.9 cm³/mol. The molecule has 1 aromatic rings. The van der Waals surface area contributed by atoms with Crippen LogP contribution in [-0.4, -0.2) is 35.1 Å². The average Bonchev–Trinajstić information content (AvgIpc) is 2.45. The molecule has 18 heavy (non-hydrogen) atoms. The molecule has 6 nitrogen and oxygen atoms in total. The highest BCUT2D eigenvalue weighted by Gasteiger charge is 2.30. The Bertz CT molecular complexity index is 468. The second-order valence-electron chi connectivity index (χ2n) is 5.20. The van der Waals surface area contributed by atoms with Crippen LogP contribution in [-0.2, 0) is 4.79 Å². The van der Waals surface area contributed by atoms with Gasteiger partial charge in [-0.3, -0.25) is 4.79 Å². The Morgan fingerprint density at radius 1 is 1.39 bits per heavy atom. The summed E-state index contributed by atoms with van der Waals surface area (Å²) in [5, 5.41) is 2.81. The lowest BCUT2D eigenvalue weighted by atomic mass is 10.1. The van der Waals surface area contributed by atoms with Crippen molar-refractivity contribution in [3.8, 4) is 5.88 Å². The van der Waals surface area contributed by atoms with Crippen molar-refractivity contribution >= 4 is 17.4 Å². The van der Waals surface area contributed by atoms with E-state index in [1.54, 1.807) is 0 Å². The lowest BCUT2D eigenvalue weighted by molar-refractivity contribution is -0.116. The number of nitrogens with zero attached hydrogens (tertiary/aromatic N) is 3. The minimum atomic E-state index is -0.125. The number of hydrogen-bond acceptors (Lipinski definition) is 5. The third kappa shape index (κ3) is 2.23. The third-order valence-corrected chi connectivity index (χ3v) is 2.88. The van der Waals surface area contributed by atoms with Gasteiger partial charge in [0.05, 0.1) is 7.11 Å². The number of nitrogens with one attached hydrogen (secondary N) is 1. The minimum absolute atomic E-state index is 0.0453. The van der Waals surface area contributed by atoms with E-state index in [9.17, 15) is 4.79 Å². The number of anilines is 2. The highest BCUT2D eigenvalue weighted by molar-refractivity contribution is 5.97. The van der Waals surface area contributed by atoms with Crippen LogP contribution in [0.25, 0.3) is 0 Å². The molecule has 0 atom stereocenters. The largest absolute Gasteiger partial charge is 0.479 e. The zero-order chi connectivity index (χ0) is 13.3. The van der Waals surface area contributed by atoms with Crippen LogP contribution in [0.2, 0.25) is 0 Å². The molecule has 0 bridgehead atoms. The van der Waals surface area contributed by atoms with Crippen LogP contribution in [0.5, 0.6) is 5.88 Å². The molecule has 1 amide bonds. The van der Waals surface area contributed by atoms with E-state index >= 15 is 0 Å². The van der Waals surface area contributed by atoms with E-state index in [0.29, 0.717) is 30.4 Å². The molecule has 0 saturated carbocycles. The van der Waals surface area contributed by atoms with Gasteiger partial charge in [0, 0.05) is 18.5 Å². The molecule has 98 valence electrons. The Labute approximate surface area is 106 Å². The Kier molecular flexibility index (Phi) is 3.11. The molecule has 0 radical (unpaired) electrons. The quantitative estimate of drug-likeness (QED) is 0.816. The first-order chi connectivity index (χ1) is 8.43. The molecule has 0 saturated heterocycles. The van der Waals surface area contributed by atoms with E-state index < -0.39 is 0 Å². The molecule has 1 aliphatic rings. The summed E-state index contributed by atoms with van der Waals surface area (Å²) in [6.45, 7) is 6.88. The van der Waals surface area contributed by atoms with Gasteiger partial charge >= 0.3 is 0 Å². The summed E-state index contributed by atoms with van der Waals surface area (Å²) in [7, 11) is 1.53. The predicted octanol–water partition coefficient (Wildman–Crippen LogP) is 1.43. The number of rotatable bonds is 1. The smallest absolute Gasteiger partial charge is 0.242 e. The van der Waals surface area contributed by atoms with Gasteiger partial charge in [-0.05, 0) is 20.8 Å². The standard InChI is InChI=1S/C12H18N4O2/c1-12(2,3)16-6-5-8(17)15-9-10(16)13-7-14-11(9)18-4/h7H,5-6H2,1-4H3,(H,15,17). The van der Waals surface area contributed by atoms with E-state index in [1.807, 2.05) is 0 Å². The summed E-state index contributed by atoms with van der Waals surface area (Å²) < 4.78 is 5.18. The molecule has 0 fully saturated rings. The summed E-state index contributed by atoms with van der Waals surface area (Å²) >= 11 is 0. The number of carbonyl (C=O) groups is 1. The highest BCUT2D eigenvalue weighted by Crippen LogP contribution is 2.36. The van der Waals surface area contributed by atoms with Crippen molar-refractivity contribution in [2.75, 3.05) is 23.9 Å². The van der Waals surface area contributed by atoms with Crippen molar-refractivity contribution in [3.05, 3.63) is 6.33 Å². The summed E-state index contributed by atoms with van der Waals surface area (Å²) in [5.74, 6) is 1.06. The van der Waals surface area contributed by atoms with E-state index in [-0.39, 0.29) is 11.4 Å². The Hall–Kier alpha value is -1.85. The van der Waals surface area contributed by atoms with Gasteiger partial charge in [0.15, 0.2) is 5.82 Å². The fraction of sp³-hybridized carbons (Fsp3) is 0.583. The van der Waals surface area contributed by atoms with Crippen molar-refractivity contribution in [1.82, 2.24) is 9.97 Å². The number of hydrogen-bond donors (Lipinski definition) is 1. The van der Waals surface area contributed by atoms with Crippen LogP contribution in [0.3, 0.4) is 0 Å². The molecule has 1 aromatic heterocycles. The topological polar surface area (TPSA) is 67.4 Å². The van der Waals surface area contributed by atoms with Crippen molar-refractivity contribution in [2.45, 2.75) is 32.7 Å². The van der Waals surface area contributed by atoms with Crippen molar-refractivity contribution in [1.29, 1.82) is 0 Å². The van der Waals surface area contributed by atoms with Gasteiger partial charge in [-0.25, -0.2) is 4.98 Å². The SMILES string of the molecule is COc1ncnc2c1NC(=O)CCN2C(C)(C)C. The molecule has 0 aliphatic carbocycles. The molecule has 1 N–H and O–H groups in total. The van der Waals surface area contributed by atoms with Gasteiger partial charge in [-0.1, -0.05) is 0 Å². The summed E-state index contributed by atoms with van der Waals surface area (Å²) in [6, 6.07) is 0. The number of amides is 1. The fourth-order valence-corrected chi connectivity index (χ4v) is 2.00. The zero-order valence-corrected chi connectivity index (χ0v) is 11.1. The van der Waals surface area contributed by atoms with E-state index in [4.69, 9.17) is 4.74 Å². The molecule has 0 aromatic carbocycles. The molecule has 2 rings (SSSR count). The van der Waals surface area contributed by atoms with E-state index in [0.717, 1.165) is 0 Å². The van der Waals surface area contributed by atoms with Crippen LogP contribution in [0.1, 0.15) is 27.2 Å². The lowest BCUT2D eigenvalue weighted by Gasteiger charge is -2.36. The lowest BCUT2D eigenvalue weighted by Crippen LogP contribution is -2.42. The molecular weight excluding hydrogens is 232 g/mol. The summed E-state index contributed by atoms with van der Waals surface area (Å²) in [5.41, 5.74) is 0.429. The van der Waals surface area contributed by atoms with Gasteiger partial charge in [-0.2, -0.15) is 4.98 Å².